The van der Waals surface area contributed by atoms with Crippen LogP contribution in [0.4, 0.5) is 0 Å². The summed E-state index contributed by atoms with van der Waals surface area (Å²) in [5.74, 6) is -1.90. The van der Waals surface area contributed by atoms with Gasteiger partial charge in [0, 0.05) is 12.1 Å². The van der Waals surface area contributed by atoms with E-state index in [0.29, 0.717) is 6.42 Å². The number of nitrogens with zero attached hydrogens (tertiary/aromatic N) is 1. The zero-order chi connectivity index (χ0) is 12.3. The fourth-order valence-electron chi connectivity index (χ4n) is 1.84. The highest BCUT2D eigenvalue weighted by Crippen LogP contribution is 2.18. The average molecular weight is 231 g/mol. The predicted octanol–water partition coefficient (Wildman–Crippen LogP) is 0.133. The normalized spacial score (nSPS) is 16.4. The molecule has 17 heavy (non-hydrogen) atoms. The van der Waals surface area contributed by atoms with Crippen molar-refractivity contribution >= 4 is 17.5 Å². The Kier molecular flexibility index (Phi) is 3.18. The number of carbonyl (C=O) groups is 2. The molecule has 2 amide bonds. The van der Waals surface area contributed by atoms with Crippen molar-refractivity contribution in [2.75, 3.05) is 0 Å². The highest BCUT2D eigenvalue weighted by molar-refractivity contribution is 6.34. The van der Waals surface area contributed by atoms with Gasteiger partial charge in [0.1, 0.15) is 0 Å². The Balaban J connectivity index is 2.05. The lowest BCUT2D eigenvalue weighted by Gasteiger charge is -2.16. The highest BCUT2D eigenvalue weighted by atomic mass is 16.2. The van der Waals surface area contributed by atoms with E-state index >= 15 is 0 Å². The summed E-state index contributed by atoms with van der Waals surface area (Å²) in [5.41, 5.74) is 10.4. The van der Waals surface area contributed by atoms with Gasteiger partial charge >= 0.3 is 11.8 Å². The summed E-state index contributed by atoms with van der Waals surface area (Å²) in [6.45, 7) is 0. The zero-order valence-electron chi connectivity index (χ0n) is 9.27. The van der Waals surface area contributed by atoms with Gasteiger partial charge in [0.2, 0.25) is 0 Å². The van der Waals surface area contributed by atoms with Crippen LogP contribution < -0.4 is 11.2 Å². The number of primary amides is 1. The molecule has 0 fully saturated rings. The van der Waals surface area contributed by atoms with E-state index in [2.05, 4.69) is 16.6 Å². The molecular formula is C12H13N3O2. The molecule has 0 atom stereocenters. The summed E-state index contributed by atoms with van der Waals surface area (Å²) in [7, 11) is 0. The maximum Gasteiger partial charge on any atom is 0.329 e. The molecule has 1 aromatic rings. The molecular weight excluding hydrogens is 218 g/mol. The lowest BCUT2D eigenvalue weighted by molar-refractivity contribution is -0.137. The number of nitrogens with two attached hydrogens (primary N) is 1. The number of amides is 2. The number of hydrogen-bond acceptors (Lipinski definition) is 3. The van der Waals surface area contributed by atoms with Gasteiger partial charge in [-0.05, 0) is 24.0 Å². The molecule has 5 nitrogen and oxygen atoms in total. The molecule has 0 radical (unpaired) electrons. The van der Waals surface area contributed by atoms with Crippen LogP contribution in [0.15, 0.2) is 29.4 Å². The third-order valence-corrected chi connectivity index (χ3v) is 2.74. The molecule has 0 unspecified atom stereocenters. The second-order valence-electron chi connectivity index (χ2n) is 3.93. The molecule has 0 spiro atoms. The van der Waals surface area contributed by atoms with Crippen molar-refractivity contribution in [1.82, 2.24) is 5.43 Å². The molecule has 0 bridgehead atoms. The summed E-state index contributed by atoms with van der Waals surface area (Å²) in [4.78, 5) is 21.4. The van der Waals surface area contributed by atoms with Crippen molar-refractivity contribution in [2.24, 2.45) is 10.8 Å². The van der Waals surface area contributed by atoms with Gasteiger partial charge < -0.3 is 5.73 Å². The molecule has 1 aromatic carbocycles. The maximum absolute atomic E-state index is 10.9. The van der Waals surface area contributed by atoms with Crippen LogP contribution in [0.25, 0.3) is 0 Å². The van der Waals surface area contributed by atoms with Crippen molar-refractivity contribution in [3.63, 3.8) is 0 Å². The van der Waals surface area contributed by atoms with E-state index in [1.54, 1.807) is 0 Å². The SMILES string of the molecule is NC(=O)C(=O)N/N=C1/CCc2ccccc2C1. The summed E-state index contributed by atoms with van der Waals surface area (Å²) < 4.78 is 0. The second kappa shape index (κ2) is 4.78. The monoisotopic (exact) mass is 231 g/mol. The molecule has 0 heterocycles. The minimum absolute atomic E-state index is 0.704. The largest absolute Gasteiger partial charge is 0.361 e. The first kappa shape index (κ1) is 11.3. The number of aryl methyl sites for hydroxylation is 1. The molecule has 88 valence electrons. The molecule has 0 saturated carbocycles. The molecule has 2 rings (SSSR count). The fraction of sp³-hybridized carbons (Fsp3) is 0.250. The van der Waals surface area contributed by atoms with Crippen LogP contribution in [0.3, 0.4) is 0 Å². The van der Waals surface area contributed by atoms with Crippen LogP contribution in [0, 0.1) is 0 Å². The van der Waals surface area contributed by atoms with Crippen LogP contribution in [0.1, 0.15) is 17.5 Å². The van der Waals surface area contributed by atoms with Gasteiger partial charge in [-0.1, -0.05) is 24.3 Å². The Labute approximate surface area is 98.7 Å². The highest BCUT2D eigenvalue weighted by Gasteiger charge is 2.14. The molecule has 0 saturated heterocycles. The van der Waals surface area contributed by atoms with Crippen molar-refractivity contribution < 1.29 is 9.59 Å². The number of nitrogens with one attached hydrogen (secondary N) is 1. The average Bonchev–Trinajstić information content (AvgIpc) is 2.35. The summed E-state index contributed by atoms with van der Waals surface area (Å²) in [5, 5.41) is 3.92. The van der Waals surface area contributed by atoms with Crippen molar-refractivity contribution in [2.45, 2.75) is 19.3 Å². The molecule has 0 aliphatic heterocycles. The van der Waals surface area contributed by atoms with Crippen molar-refractivity contribution in [3.8, 4) is 0 Å². The number of rotatable bonds is 1. The lowest BCUT2D eigenvalue weighted by atomic mass is 9.90. The first-order valence-corrected chi connectivity index (χ1v) is 5.39. The second-order valence-corrected chi connectivity index (χ2v) is 3.93. The smallest absolute Gasteiger partial charge is 0.329 e. The van der Waals surface area contributed by atoms with Crippen molar-refractivity contribution in [3.05, 3.63) is 35.4 Å². The van der Waals surface area contributed by atoms with Crippen LogP contribution >= 0.6 is 0 Å². The number of carbonyl (C=O) groups excluding carboxylic acids is 2. The predicted molar refractivity (Wildman–Crippen MR) is 63.2 cm³/mol. The topological polar surface area (TPSA) is 84.5 Å². The van der Waals surface area contributed by atoms with E-state index in [0.717, 1.165) is 18.6 Å². The van der Waals surface area contributed by atoms with Gasteiger partial charge in [0.15, 0.2) is 0 Å². The molecule has 1 aliphatic carbocycles. The van der Waals surface area contributed by atoms with Crippen molar-refractivity contribution in [1.29, 1.82) is 0 Å². The Hall–Kier alpha value is -2.17. The standard InChI is InChI=1S/C12H13N3O2/c13-11(16)12(17)15-14-10-6-5-8-3-1-2-4-9(8)7-10/h1-4H,5-7H2,(H2,13,16)(H,15,17)/b14-10-. The summed E-state index contributed by atoms with van der Waals surface area (Å²) in [6.07, 6.45) is 2.40. The first-order chi connectivity index (χ1) is 8.16. The Bertz CT molecular complexity index is 494. The van der Waals surface area contributed by atoms with E-state index in [1.165, 1.54) is 11.1 Å². The summed E-state index contributed by atoms with van der Waals surface area (Å²) >= 11 is 0. The minimum Gasteiger partial charge on any atom is -0.361 e. The van der Waals surface area contributed by atoms with E-state index in [9.17, 15) is 9.59 Å². The van der Waals surface area contributed by atoms with Crippen LogP contribution in [-0.4, -0.2) is 17.5 Å². The summed E-state index contributed by atoms with van der Waals surface area (Å²) in [6, 6.07) is 8.12. The first-order valence-electron chi connectivity index (χ1n) is 5.39. The number of fused-ring (bicyclic) bond motifs is 1. The van der Waals surface area contributed by atoms with E-state index in [4.69, 9.17) is 5.73 Å². The van der Waals surface area contributed by atoms with Gasteiger partial charge in [0.05, 0.1) is 0 Å². The van der Waals surface area contributed by atoms with Gasteiger partial charge in [-0.25, -0.2) is 5.43 Å². The van der Waals surface area contributed by atoms with Crippen LogP contribution in [-0.2, 0) is 22.4 Å². The van der Waals surface area contributed by atoms with Gasteiger partial charge in [-0.15, -0.1) is 0 Å². The maximum atomic E-state index is 10.9. The van der Waals surface area contributed by atoms with E-state index in [1.807, 2.05) is 18.2 Å². The molecule has 5 heteroatoms. The molecule has 3 N–H and O–H groups in total. The molecule has 1 aliphatic rings. The number of hydrazone groups is 1. The Morgan fingerprint density at radius 1 is 1.18 bits per heavy atom. The minimum atomic E-state index is -1.02. The third kappa shape index (κ3) is 2.69. The van der Waals surface area contributed by atoms with Crippen LogP contribution in [0.5, 0.6) is 0 Å². The van der Waals surface area contributed by atoms with Crippen LogP contribution in [0.2, 0.25) is 0 Å². The van der Waals surface area contributed by atoms with Gasteiger partial charge in [-0.2, -0.15) is 5.10 Å². The molecule has 0 aromatic heterocycles. The lowest BCUT2D eigenvalue weighted by Crippen LogP contribution is -2.34. The number of hydrogen-bond donors (Lipinski definition) is 2. The fourth-order valence-corrected chi connectivity index (χ4v) is 1.84. The van der Waals surface area contributed by atoms with E-state index in [-0.39, 0.29) is 0 Å². The Morgan fingerprint density at radius 2 is 1.88 bits per heavy atom. The van der Waals surface area contributed by atoms with Gasteiger partial charge in [0.25, 0.3) is 0 Å². The van der Waals surface area contributed by atoms with E-state index < -0.39 is 11.8 Å². The number of benzene rings is 1. The third-order valence-electron chi connectivity index (χ3n) is 2.74. The quantitative estimate of drug-likeness (QED) is 0.532. The van der Waals surface area contributed by atoms with Gasteiger partial charge in [-0.3, -0.25) is 9.59 Å². The Morgan fingerprint density at radius 3 is 2.59 bits per heavy atom. The zero-order valence-corrected chi connectivity index (χ0v) is 9.27.